The monoisotopic (exact) mass is 264 g/mol. The van der Waals surface area contributed by atoms with Gasteiger partial charge in [0.1, 0.15) is 5.82 Å². The first-order valence-electron chi connectivity index (χ1n) is 6.04. The van der Waals surface area contributed by atoms with E-state index in [1.54, 1.807) is 23.5 Å². The predicted molar refractivity (Wildman–Crippen MR) is 73.3 cm³/mol. The largest absolute Gasteiger partial charge is 0.319 e. The topological polar surface area (TPSA) is 24.9 Å². The van der Waals surface area contributed by atoms with Gasteiger partial charge >= 0.3 is 0 Å². The van der Waals surface area contributed by atoms with E-state index in [0.29, 0.717) is 5.92 Å². The fourth-order valence-electron chi connectivity index (χ4n) is 2.14. The van der Waals surface area contributed by atoms with Crippen LogP contribution < -0.4 is 5.32 Å². The number of rotatable bonds is 6. The van der Waals surface area contributed by atoms with Gasteiger partial charge in [0.05, 0.1) is 11.2 Å². The van der Waals surface area contributed by atoms with E-state index in [-0.39, 0.29) is 5.82 Å². The van der Waals surface area contributed by atoms with Crippen LogP contribution in [-0.4, -0.2) is 18.6 Å². The lowest BCUT2D eigenvalue weighted by molar-refractivity contribution is 0.487. The van der Waals surface area contributed by atoms with Crippen LogP contribution in [0.3, 0.4) is 0 Å². The zero-order valence-corrected chi connectivity index (χ0v) is 11.2. The molecule has 0 radical (unpaired) electrons. The smallest absolute Gasteiger partial charge is 0.123 e. The highest BCUT2D eigenvalue weighted by atomic mass is 32.1. The van der Waals surface area contributed by atoms with Gasteiger partial charge in [0.2, 0.25) is 0 Å². The lowest BCUT2D eigenvalue weighted by Gasteiger charge is -2.15. The highest BCUT2D eigenvalue weighted by Gasteiger charge is 2.11. The zero-order valence-electron chi connectivity index (χ0n) is 10.4. The van der Waals surface area contributed by atoms with Gasteiger partial charge < -0.3 is 5.32 Å². The predicted octanol–water partition coefficient (Wildman–Crippen LogP) is 2.90. The molecule has 18 heavy (non-hydrogen) atoms. The van der Waals surface area contributed by atoms with Crippen molar-refractivity contribution in [1.29, 1.82) is 0 Å². The summed E-state index contributed by atoms with van der Waals surface area (Å²) in [7, 11) is 1.94. The summed E-state index contributed by atoms with van der Waals surface area (Å²) in [6.07, 6.45) is 1.80. The van der Waals surface area contributed by atoms with Crippen molar-refractivity contribution in [3.63, 3.8) is 0 Å². The first-order chi connectivity index (χ1) is 8.78. The quantitative estimate of drug-likeness (QED) is 0.867. The minimum Gasteiger partial charge on any atom is -0.319 e. The van der Waals surface area contributed by atoms with Crippen molar-refractivity contribution in [2.24, 2.45) is 5.92 Å². The Labute approximate surface area is 111 Å². The molecule has 0 saturated heterocycles. The summed E-state index contributed by atoms with van der Waals surface area (Å²) in [5, 5.41) is 5.27. The maximum absolute atomic E-state index is 13.2. The molecule has 2 aromatic rings. The first kappa shape index (κ1) is 13.2. The van der Waals surface area contributed by atoms with Crippen LogP contribution >= 0.6 is 11.3 Å². The molecule has 0 aliphatic carbocycles. The second-order valence-corrected chi connectivity index (χ2v) is 5.16. The van der Waals surface area contributed by atoms with Crippen molar-refractivity contribution in [3.05, 3.63) is 52.2 Å². The van der Waals surface area contributed by atoms with E-state index in [2.05, 4.69) is 15.7 Å². The third kappa shape index (κ3) is 3.89. The van der Waals surface area contributed by atoms with E-state index in [9.17, 15) is 4.39 Å². The van der Waals surface area contributed by atoms with Crippen LogP contribution in [0.2, 0.25) is 0 Å². The van der Waals surface area contributed by atoms with E-state index < -0.39 is 0 Å². The van der Waals surface area contributed by atoms with Gasteiger partial charge in [0.25, 0.3) is 0 Å². The normalized spacial score (nSPS) is 12.6. The molecule has 1 unspecified atom stereocenters. The Kier molecular flexibility index (Phi) is 4.84. The average molecular weight is 264 g/mol. The van der Waals surface area contributed by atoms with E-state index in [4.69, 9.17) is 0 Å². The molecular formula is C14H17FN2S. The van der Waals surface area contributed by atoms with Crippen molar-refractivity contribution in [2.75, 3.05) is 13.6 Å². The van der Waals surface area contributed by atoms with Crippen LogP contribution in [0.15, 0.2) is 35.2 Å². The number of hydrogen-bond acceptors (Lipinski definition) is 3. The average Bonchev–Trinajstić information content (AvgIpc) is 2.82. The van der Waals surface area contributed by atoms with Crippen LogP contribution in [0.25, 0.3) is 0 Å². The Hall–Kier alpha value is -1.26. The molecular weight excluding hydrogens is 247 g/mol. The molecule has 0 spiro atoms. The molecule has 1 aromatic heterocycles. The lowest BCUT2D eigenvalue weighted by atomic mass is 9.95. The van der Waals surface area contributed by atoms with Crippen LogP contribution in [-0.2, 0) is 12.8 Å². The van der Waals surface area contributed by atoms with Gasteiger partial charge in [-0.3, -0.25) is 0 Å². The second kappa shape index (κ2) is 6.61. The van der Waals surface area contributed by atoms with Gasteiger partial charge in [-0.05, 0) is 50.0 Å². The molecule has 0 aliphatic heterocycles. The van der Waals surface area contributed by atoms with Crippen molar-refractivity contribution in [2.45, 2.75) is 12.8 Å². The maximum atomic E-state index is 13.2. The van der Waals surface area contributed by atoms with Crippen LogP contribution in [0, 0.1) is 11.7 Å². The molecule has 0 bridgehead atoms. The molecule has 2 rings (SSSR count). The minimum atomic E-state index is -0.163. The van der Waals surface area contributed by atoms with Crippen molar-refractivity contribution in [1.82, 2.24) is 10.3 Å². The SMILES string of the molecule is CNCC(Cc1cccc(F)c1)Cc1cscn1. The number of thiazole rings is 1. The summed E-state index contributed by atoms with van der Waals surface area (Å²) in [5.74, 6) is 0.281. The highest BCUT2D eigenvalue weighted by molar-refractivity contribution is 7.07. The van der Waals surface area contributed by atoms with E-state index in [1.165, 1.54) is 6.07 Å². The van der Waals surface area contributed by atoms with Crippen molar-refractivity contribution in [3.8, 4) is 0 Å². The molecule has 1 aromatic carbocycles. The van der Waals surface area contributed by atoms with Crippen LogP contribution in [0.1, 0.15) is 11.3 Å². The van der Waals surface area contributed by atoms with Crippen LogP contribution in [0.5, 0.6) is 0 Å². The van der Waals surface area contributed by atoms with E-state index >= 15 is 0 Å². The van der Waals surface area contributed by atoms with Gasteiger partial charge in [-0.2, -0.15) is 0 Å². The molecule has 0 saturated carbocycles. The Morgan fingerprint density at radius 1 is 1.39 bits per heavy atom. The highest BCUT2D eigenvalue weighted by Crippen LogP contribution is 2.15. The number of aromatic nitrogens is 1. The molecule has 1 N–H and O–H groups in total. The molecule has 0 aliphatic rings. The summed E-state index contributed by atoms with van der Waals surface area (Å²) < 4.78 is 13.2. The second-order valence-electron chi connectivity index (χ2n) is 4.44. The van der Waals surface area contributed by atoms with E-state index in [1.807, 2.05) is 18.6 Å². The molecule has 4 heteroatoms. The fraction of sp³-hybridized carbons (Fsp3) is 0.357. The number of hydrogen-bond donors (Lipinski definition) is 1. The third-order valence-electron chi connectivity index (χ3n) is 2.89. The molecule has 96 valence electrons. The molecule has 2 nitrogen and oxygen atoms in total. The summed E-state index contributed by atoms with van der Waals surface area (Å²) in [4.78, 5) is 4.31. The minimum absolute atomic E-state index is 0.163. The van der Waals surface area contributed by atoms with Crippen LogP contribution in [0.4, 0.5) is 4.39 Å². The molecule has 0 amide bonds. The van der Waals surface area contributed by atoms with Gasteiger partial charge in [0.15, 0.2) is 0 Å². The Bertz CT molecular complexity index is 470. The van der Waals surface area contributed by atoms with Gasteiger partial charge in [-0.25, -0.2) is 9.37 Å². The van der Waals surface area contributed by atoms with E-state index in [0.717, 1.165) is 30.6 Å². The molecule has 1 heterocycles. The molecule has 1 atom stereocenters. The summed E-state index contributed by atoms with van der Waals surface area (Å²) in [6.45, 7) is 0.911. The number of nitrogens with zero attached hydrogens (tertiary/aromatic N) is 1. The summed E-state index contributed by atoms with van der Waals surface area (Å²) >= 11 is 1.62. The lowest BCUT2D eigenvalue weighted by Crippen LogP contribution is -2.23. The Balaban J connectivity index is 2.01. The summed E-state index contributed by atoms with van der Waals surface area (Å²) in [6, 6.07) is 6.84. The van der Waals surface area contributed by atoms with Gasteiger partial charge in [-0.15, -0.1) is 11.3 Å². The first-order valence-corrected chi connectivity index (χ1v) is 6.98. The third-order valence-corrected chi connectivity index (χ3v) is 3.52. The molecule has 0 fully saturated rings. The van der Waals surface area contributed by atoms with Crippen molar-refractivity contribution < 1.29 is 4.39 Å². The Morgan fingerprint density at radius 2 is 2.28 bits per heavy atom. The number of benzene rings is 1. The maximum Gasteiger partial charge on any atom is 0.123 e. The Morgan fingerprint density at radius 3 is 2.94 bits per heavy atom. The fourth-order valence-corrected chi connectivity index (χ4v) is 2.71. The number of halogens is 1. The van der Waals surface area contributed by atoms with Crippen molar-refractivity contribution >= 4 is 11.3 Å². The summed E-state index contributed by atoms with van der Waals surface area (Å²) in [5.41, 5.74) is 4.02. The number of nitrogens with one attached hydrogen (secondary N) is 1. The zero-order chi connectivity index (χ0) is 12.8. The van der Waals surface area contributed by atoms with Gasteiger partial charge in [-0.1, -0.05) is 12.1 Å². The van der Waals surface area contributed by atoms with Gasteiger partial charge in [0, 0.05) is 5.38 Å². The standard InChI is InChI=1S/C14H17FN2S/c1-16-8-12(7-14-9-18-10-17-14)5-11-3-2-4-13(15)6-11/h2-4,6,9-10,12,16H,5,7-8H2,1H3.